The zero-order valence-electron chi connectivity index (χ0n) is 9.86. The molecule has 0 aliphatic rings. The fraction of sp³-hybridized carbons (Fsp3) is 0.700. The van der Waals surface area contributed by atoms with Gasteiger partial charge in [-0.2, -0.15) is 0 Å². The van der Waals surface area contributed by atoms with E-state index in [1.165, 1.54) is 0 Å². The van der Waals surface area contributed by atoms with E-state index < -0.39 is 0 Å². The van der Waals surface area contributed by atoms with Crippen LogP contribution >= 0.6 is 0 Å². The maximum atomic E-state index is 8.88. The minimum atomic E-state index is 0.114. The van der Waals surface area contributed by atoms with Gasteiger partial charge in [0.25, 0.3) is 0 Å². The van der Waals surface area contributed by atoms with Crippen LogP contribution < -0.4 is 10.2 Å². The molecule has 1 rings (SSSR count). The second-order valence-corrected chi connectivity index (χ2v) is 3.97. The molecule has 0 unspecified atom stereocenters. The first-order valence-corrected chi connectivity index (χ1v) is 5.08. The van der Waals surface area contributed by atoms with Crippen LogP contribution in [0.4, 0.5) is 5.95 Å². The minimum absolute atomic E-state index is 0.114. The highest BCUT2D eigenvalue weighted by Crippen LogP contribution is 2.10. The van der Waals surface area contributed by atoms with Crippen molar-refractivity contribution < 1.29 is 5.11 Å². The Morgan fingerprint density at radius 3 is 2.73 bits per heavy atom. The van der Waals surface area contributed by atoms with Crippen molar-refractivity contribution in [1.82, 2.24) is 14.9 Å². The van der Waals surface area contributed by atoms with E-state index in [1.807, 2.05) is 43.7 Å². The van der Waals surface area contributed by atoms with E-state index >= 15 is 0 Å². The molecule has 1 aromatic rings. The zero-order chi connectivity index (χ0) is 11.4. The van der Waals surface area contributed by atoms with Gasteiger partial charge in [-0.1, -0.05) is 0 Å². The zero-order valence-corrected chi connectivity index (χ0v) is 9.86. The summed E-state index contributed by atoms with van der Waals surface area (Å²) in [5.74, 6) is 0.934. The van der Waals surface area contributed by atoms with Crippen LogP contribution in [0, 0.1) is 0 Å². The van der Waals surface area contributed by atoms with E-state index in [-0.39, 0.29) is 12.6 Å². The average molecular weight is 212 g/mol. The molecular weight excluding hydrogens is 192 g/mol. The molecule has 0 fully saturated rings. The first kappa shape index (κ1) is 12.0. The topological polar surface area (TPSA) is 53.3 Å². The maximum Gasteiger partial charge on any atom is 0.204 e. The third kappa shape index (κ3) is 2.94. The molecule has 0 amide bonds. The number of aliphatic hydroxyl groups is 1. The van der Waals surface area contributed by atoms with E-state index in [0.717, 1.165) is 18.2 Å². The normalized spacial score (nSPS) is 12.9. The summed E-state index contributed by atoms with van der Waals surface area (Å²) in [7, 11) is 5.93. The fourth-order valence-corrected chi connectivity index (χ4v) is 1.36. The lowest BCUT2D eigenvalue weighted by Crippen LogP contribution is -2.29. The van der Waals surface area contributed by atoms with Gasteiger partial charge in [-0.05, 0) is 6.92 Å². The molecule has 86 valence electrons. The van der Waals surface area contributed by atoms with E-state index in [1.54, 1.807) is 0 Å². The maximum absolute atomic E-state index is 8.88. The summed E-state index contributed by atoms with van der Waals surface area (Å²) in [4.78, 5) is 6.28. The van der Waals surface area contributed by atoms with Crippen molar-refractivity contribution in [3.63, 3.8) is 0 Å². The first-order chi connectivity index (χ1) is 7.06. The highest BCUT2D eigenvalue weighted by atomic mass is 16.3. The molecular formula is C10H20N4O. The second kappa shape index (κ2) is 5.14. The molecule has 1 aromatic heterocycles. The van der Waals surface area contributed by atoms with E-state index in [2.05, 4.69) is 10.3 Å². The Balaban J connectivity index is 2.62. The van der Waals surface area contributed by atoms with Crippen molar-refractivity contribution in [2.75, 3.05) is 25.6 Å². The van der Waals surface area contributed by atoms with Crippen LogP contribution in [-0.2, 0) is 13.6 Å². The number of nitrogens with zero attached hydrogens (tertiary/aromatic N) is 3. The van der Waals surface area contributed by atoms with Gasteiger partial charge in [0.05, 0.1) is 18.5 Å². The van der Waals surface area contributed by atoms with Crippen molar-refractivity contribution in [1.29, 1.82) is 0 Å². The van der Waals surface area contributed by atoms with Crippen molar-refractivity contribution in [2.45, 2.75) is 19.5 Å². The predicted molar refractivity (Wildman–Crippen MR) is 60.9 cm³/mol. The Bertz CT molecular complexity index is 308. The lowest BCUT2D eigenvalue weighted by molar-refractivity contribution is 0.250. The van der Waals surface area contributed by atoms with Crippen LogP contribution in [0.5, 0.6) is 0 Å². The molecule has 0 saturated heterocycles. The molecule has 0 aliphatic heterocycles. The lowest BCUT2D eigenvalue weighted by atomic mass is 10.3. The van der Waals surface area contributed by atoms with Crippen LogP contribution in [-0.4, -0.2) is 41.4 Å². The monoisotopic (exact) mass is 212 g/mol. The van der Waals surface area contributed by atoms with Crippen LogP contribution in [0.25, 0.3) is 0 Å². The van der Waals surface area contributed by atoms with Gasteiger partial charge in [0.1, 0.15) is 0 Å². The quantitative estimate of drug-likeness (QED) is 0.719. The van der Waals surface area contributed by atoms with E-state index in [9.17, 15) is 0 Å². The largest absolute Gasteiger partial charge is 0.395 e. The van der Waals surface area contributed by atoms with Crippen molar-refractivity contribution in [2.24, 2.45) is 7.05 Å². The molecule has 15 heavy (non-hydrogen) atoms. The molecule has 0 spiro atoms. The molecule has 1 heterocycles. The highest BCUT2D eigenvalue weighted by molar-refractivity contribution is 5.30. The number of nitrogens with one attached hydrogen (secondary N) is 1. The van der Waals surface area contributed by atoms with Crippen molar-refractivity contribution in [3.8, 4) is 0 Å². The summed E-state index contributed by atoms with van der Waals surface area (Å²) in [5.41, 5.74) is 1.11. The minimum Gasteiger partial charge on any atom is -0.395 e. The SMILES string of the molecule is C[C@H](CO)NCc1cnc(N(C)C)n1C. The number of imidazole rings is 1. The molecule has 0 radical (unpaired) electrons. The van der Waals surface area contributed by atoms with Crippen LogP contribution in [0.1, 0.15) is 12.6 Å². The Morgan fingerprint density at radius 1 is 1.60 bits per heavy atom. The lowest BCUT2D eigenvalue weighted by Gasteiger charge is -2.14. The number of hydrogen-bond acceptors (Lipinski definition) is 4. The summed E-state index contributed by atoms with van der Waals surface area (Å²) in [6, 6.07) is 0.114. The number of aliphatic hydroxyl groups excluding tert-OH is 1. The van der Waals surface area contributed by atoms with E-state index in [0.29, 0.717) is 0 Å². The Morgan fingerprint density at radius 2 is 2.27 bits per heavy atom. The summed E-state index contributed by atoms with van der Waals surface area (Å²) in [5, 5.41) is 12.1. The van der Waals surface area contributed by atoms with Gasteiger partial charge >= 0.3 is 0 Å². The smallest absolute Gasteiger partial charge is 0.204 e. The molecule has 1 atom stereocenters. The van der Waals surface area contributed by atoms with Gasteiger partial charge in [-0.15, -0.1) is 0 Å². The Hall–Kier alpha value is -1.07. The number of hydrogen-bond donors (Lipinski definition) is 2. The van der Waals surface area contributed by atoms with Gasteiger partial charge in [-0.25, -0.2) is 4.98 Å². The Kier molecular flexibility index (Phi) is 4.11. The van der Waals surface area contributed by atoms with Gasteiger partial charge in [0, 0.05) is 33.7 Å². The van der Waals surface area contributed by atoms with Crippen molar-refractivity contribution in [3.05, 3.63) is 11.9 Å². The first-order valence-electron chi connectivity index (χ1n) is 5.08. The number of rotatable bonds is 5. The summed E-state index contributed by atoms with van der Waals surface area (Å²) < 4.78 is 2.04. The number of aromatic nitrogens is 2. The second-order valence-electron chi connectivity index (χ2n) is 3.97. The Labute approximate surface area is 90.7 Å². The third-order valence-electron chi connectivity index (χ3n) is 2.37. The molecule has 0 saturated carbocycles. The number of anilines is 1. The van der Waals surface area contributed by atoms with Gasteiger partial charge in [0.2, 0.25) is 5.95 Å². The highest BCUT2D eigenvalue weighted by Gasteiger charge is 2.08. The summed E-state index contributed by atoms with van der Waals surface area (Å²) >= 11 is 0. The molecule has 5 heteroatoms. The van der Waals surface area contributed by atoms with Gasteiger partial charge < -0.3 is 19.9 Å². The molecule has 0 aliphatic carbocycles. The molecule has 5 nitrogen and oxygen atoms in total. The van der Waals surface area contributed by atoms with E-state index in [4.69, 9.17) is 5.11 Å². The third-order valence-corrected chi connectivity index (χ3v) is 2.37. The predicted octanol–water partition coefficient (Wildman–Crippen LogP) is -0.0435. The van der Waals surface area contributed by atoms with Gasteiger partial charge in [-0.3, -0.25) is 0 Å². The van der Waals surface area contributed by atoms with Crippen LogP contribution in [0.15, 0.2) is 6.20 Å². The fourth-order valence-electron chi connectivity index (χ4n) is 1.36. The van der Waals surface area contributed by atoms with Gasteiger partial charge in [0.15, 0.2) is 0 Å². The average Bonchev–Trinajstić information content (AvgIpc) is 2.56. The molecule has 0 bridgehead atoms. The van der Waals surface area contributed by atoms with Crippen LogP contribution in [0.2, 0.25) is 0 Å². The van der Waals surface area contributed by atoms with Crippen molar-refractivity contribution >= 4 is 5.95 Å². The van der Waals surface area contributed by atoms with Crippen LogP contribution in [0.3, 0.4) is 0 Å². The summed E-state index contributed by atoms with van der Waals surface area (Å²) in [6.45, 7) is 2.82. The molecule has 0 aromatic carbocycles. The standard InChI is InChI=1S/C10H20N4O/c1-8(7-15)11-5-9-6-12-10(13(2)3)14(9)4/h6,8,11,15H,5,7H2,1-4H3/t8-/m1/s1. The summed E-state index contributed by atoms with van der Waals surface area (Å²) in [6.07, 6.45) is 1.85. The molecule has 2 N–H and O–H groups in total.